The van der Waals surface area contributed by atoms with Crippen molar-refractivity contribution in [1.29, 1.82) is 0 Å². The quantitative estimate of drug-likeness (QED) is 0.229. The molecule has 11 nitrogen and oxygen atoms in total. The van der Waals surface area contributed by atoms with Crippen LogP contribution < -0.4 is 10.6 Å². The third kappa shape index (κ3) is 10.9. The van der Waals surface area contributed by atoms with E-state index in [0.29, 0.717) is 31.1 Å². The molecule has 12 heteroatoms. The van der Waals surface area contributed by atoms with Gasteiger partial charge in [0.1, 0.15) is 12.6 Å². The Balaban J connectivity index is 1.82. The first kappa shape index (κ1) is 28.8. The lowest BCUT2D eigenvalue weighted by Gasteiger charge is -2.20. The average molecular weight is 522 g/mol. The largest absolute Gasteiger partial charge is 0.450 e. The van der Waals surface area contributed by atoms with Crippen molar-refractivity contribution < 1.29 is 38.3 Å². The summed E-state index contributed by atoms with van der Waals surface area (Å²) in [6.45, 7) is 7.26. The summed E-state index contributed by atoms with van der Waals surface area (Å²) in [6, 6.07) is 8.72. The molecule has 0 aliphatic carbocycles. The molecule has 1 aromatic rings. The van der Waals surface area contributed by atoms with E-state index in [2.05, 4.69) is 30.3 Å². The van der Waals surface area contributed by atoms with Crippen LogP contribution in [0.4, 0.5) is 9.59 Å². The molecule has 0 unspecified atom stereocenters. The van der Waals surface area contributed by atoms with Crippen molar-refractivity contribution in [2.45, 2.75) is 70.4 Å². The smallest absolute Gasteiger partial charge is 0.408 e. The molecule has 0 radical (unpaired) electrons. The normalized spacial score (nSPS) is 14.2. The number of hydroxylamine groups is 2. The van der Waals surface area contributed by atoms with Gasteiger partial charge in [-0.2, -0.15) is 0 Å². The van der Waals surface area contributed by atoms with Gasteiger partial charge in [-0.15, -0.1) is 5.06 Å². The fourth-order valence-corrected chi connectivity index (χ4v) is 3.85. The number of nitrogens with zero attached hydrogens (tertiary/aromatic N) is 1. The van der Waals surface area contributed by atoms with Gasteiger partial charge >= 0.3 is 18.2 Å². The van der Waals surface area contributed by atoms with Crippen molar-refractivity contribution in [2.75, 3.05) is 13.2 Å². The van der Waals surface area contributed by atoms with Gasteiger partial charge in [0.05, 0.1) is 6.61 Å². The molecule has 1 atom stereocenters. The van der Waals surface area contributed by atoms with E-state index < -0.39 is 44.1 Å². The van der Waals surface area contributed by atoms with Crippen LogP contribution in [0.3, 0.4) is 0 Å². The van der Waals surface area contributed by atoms with Crippen LogP contribution in [0, 0.1) is 0 Å². The molecule has 1 heterocycles. The van der Waals surface area contributed by atoms with Crippen LogP contribution in [0.15, 0.2) is 30.3 Å². The van der Waals surface area contributed by atoms with E-state index >= 15 is 0 Å². The second-order valence-electron chi connectivity index (χ2n) is 9.62. The number of carbonyl (C=O) groups is 5. The van der Waals surface area contributed by atoms with E-state index in [4.69, 9.17) is 14.3 Å². The van der Waals surface area contributed by atoms with Crippen molar-refractivity contribution >= 4 is 38.0 Å². The summed E-state index contributed by atoms with van der Waals surface area (Å²) >= 11 is 0. The molecule has 4 amide bonds. The van der Waals surface area contributed by atoms with Crippen molar-refractivity contribution in [1.82, 2.24) is 15.7 Å². The second kappa shape index (κ2) is 14.2. The summed E-state index contributed by atoms with van der Waals surface area (Å²) in [7, 11) is -1.29. The van der Waals surface area contributed by atoms with E-state index in [0.717, 1.165) is 11.6 Å². The van der Waals surface area contributed by atoms with Crippen molar-refractivity contribution in [2.24, 2.45) is 0 Å². The van der Waals surface area contributed by atoms with Gasteiger partial charge in [-0.3, -0.25) is 9.59 Å². The monoisotopic (exact) mass is 521 g/mol. The molecule has 1 fully saturated rings. The zero-order chi connectivity index (χ0) is 26.6. The number of rotatable bonds is 13. The minimum atomic E-state index is -1.29. The molecule has 0 bridgehead atoms. The number of unbranched alkanes of at least 4 members (excludes halogenated alkanes) is 1. The maximum absolute atomic E-state index is 12.6. The van der Waals surface area contributed by atoms with E-state index in [1.54, 1.807) is 24.3 Å². The fourth-order valence-electron chi connectivity index (χ4n) is 3.13. The van der Waals surface area contributed by atoms with Gasteiger partial charge in [0.2, 0.25) is 0 Å². The Hall–Kier alpha value is -3.41. The molecule has 198 valence electrons. The first-order chi connectivity index (χ1) is 17.0. The maximum Gasteiger partial charge on any atom is 0.408 e. The molecule has 0 spiro atoms. The highest BCUT2D eigenvalue weighted by atomic mass is 28.3. The number of imide groups is 1. The van der Waals surface area contributed by atoms with Crippen molar-refractivity contribution in [3.8, 4) is 0 Å². The minimum Gasteiger partial charge on any atom is -0.450 e. The summed E-state index contributed by atoms with van der Waals surface area (Å²) in [6.07, 6.45) is -0.360. The van der Waals surface area contributed by atoms with E-state index in [1.165, 1.54) is 0 Å². The molecule has 0 aromatic heterocycles. The number of nitrogens with one attached hydrogen (secondary N) is 2. The molecule has 2 N–H and O–H groups in total. The standard InChI is InChI=1S/C24H35N3O8Si/c1-36(2,3)16-15-33-23(31)25-14-8-7-11-19(22(30)35-27-20(28)12-13-21(27)29)26-24(32)34-17-18-9-5-4-6-10-18/h4-6,9-10,19H,7-8,11-17H2,1-3H3,(H,25,31)(H,26,32)/t19-/m1/s1. The highest BCUT2D eigenvalue weighted by Gasteiger charge is 2.35. The highest BCUT2D eigenvalue weighted by molar-refractivity contribution is 6.76. The third-order valence-corrected chi connectivity index (χ3v) is 6.95. The minimum absolute atomic E-state index is 0.00126. The van der Waals surface area contributed by atoms with Crippen molar-refractivity contribution in [3.05, 3.63) is 35.9 Å². The zero-order valence-electron chi connectivity index (χ0n) is 21.0. The van der Waals surface area contributed by atoms with Gasteiger partial charge in [0.25, 0.3) is 11.8 Å². The predicted octanol–water partition coefficient (Wildman–Crippen LogP) is 3.12. The second-order valence-corrected chi connectivity index (χ2v) is 15.2. The molecule has 1 saturated heterocycles. The Kier molecular flexibility index (Phi) is 11.4. The van der Waals surface area contributed by atoms with E-state index in [9.17, 15) is 24.0 Å². The number of amides is 4. The van der Waals surface area contributed by atoms with Crippen LogP contribution in [-0.2, 0) is 35.3 Å². The van der Waals surface area contributed by atoms with Gasteiger partial charge in [0.15, 0.2) is 0 Å². The Morgan fingerprint density at radius 2 is 1.64 bits per heavy atom. The number of hydrogen-bond donors (Lipinski definition) is 2. The number of alkyl carbamates (subject to hydrolysis) is 2. The number of carbonyl (C=O) groups excluding carboxylic acids is 5. The number of ether oxygens (including phenoxy) is 2. The molecule has 2 rings (SSSR count). The van der Waals surface area contributed by atoms with Crippen molar-refractivity contribution in [3.63, 3.8) is 0 Å². The fraction of sp³-hybridized carbons (Fsp3) is 0.542. The molecule has 1 aromatic carbocycles. The van der Waals surface area contributed by atoms with Gasteiger partial charge in [-0.05, 0) is 30.9 Å². The van der Waals surface area contributed by atoms with Gasteiger partial charge in [0, 0.05) is 27.5 Å². The molecule has 1 aliphatic heterocycles. The highest BCUT2D eigenvalue weighted by Crippen LogP contribution is 2.14. The summed E-state index contributed by atoms with van der Waals surface area (Å²) in [5.74, 6) is -2.18. The zero-order valence-corrected chi connectivity index (χ0v) is 22.0. The average Bonchev–Trinajstić information content (AvgIpc) is 3.13. The molecule has 36 heavy (non-hydrogen) atoms. The molecule has 1 aliphatic rings. The number of benzene rings is 1. The SMILES string of the molecule is C[Si](C)(C)CCOC(=O)NCCCC[C@@H](NC(=O)OCc1ccccc1)C(=O)ON1C(=O)CCC1=O. The summed E-state index contributed by atoms with van der Waals surface area (Å²) < 4.78 is 10.3. The van der Waals surface area contributed by atoms with Crippen LogP contribution in [0.25, 0.3) is 0 Å². The van der Waals surface area contributed by atoms with Gasteiger partial charge < -0.3 is 24.9 Å². The number of hydrogen-bond acceptors (Lipinski definition) is 8. The topological polar surface area (TPSA) is 140 Å². The predicted molar refractivity (Wildman–Crippen MR) is 132 cm³/mol. The lowest BCUT2D eigenvalue weighted by atomic mass is 10.1. The third-order valence-electron chi connectivity index (χ3n) is 5.25. The Labute approximate surface area is 211 Å². The molecular weight excluding hydrogens is 486 g/mol. The lowest BCUT2D eigenvalue weighted by molar-refractivity contribution is -0.199. The van der Waals surface area contributed by atoms with Crippen LogP contribution >= 0.6 is 0 Å². The van der Waals surface area contributed by atoms with E-state index in [-0.39, 0.29) is 25.9 Å². The van der Waals surface area contributed by atoms with Gasteiger partial charge in [-0.1, -0.05) is 50.0 Å². The Bertz CT molecular complexity index is 904. The molecule has 0 saturated carbocycles. The lowest BCUT2D eigenvalue weighted by Crippen LogP contribution is -2.45. The molecular formula is C24H35N3O8Si. The van der Waals surface area contributed by atoms with Crippen LogP contribution in [0.2, 0.25) is 25.7 Å². The Morgan fingerprint density at radius 1 is 0.972 bits per heavy atom. The van der Waals surface area contributed by atoms with Gasteiger partial charge in [-0.25, -0.2) is 14.4 Å². The van der Waals surface area contributed by atoms with Crippen LogP contribution in [-0.4, -0.2) is 62.3 Å². The maximum atomic E-state index is 12.6. The van der Waals surface area contributed by atoms with E-state index in [1.807, 2.05) is 6.07 Å². The summed E-state index contributed by atoms with van der Waals surface area (Å²) in [5, 5.41) is 5.52. The first-order valence-electron chi connectivity index (χ1n) is 12.0. The first-order valence-corrected chi connectivity index (χ1v) is 15.7. The van der Waals surface area contributed by atoms with Crippen LogP contribution in [0.1, 0.15) is 37.7 Å². The summed E-state index contributed by atoms with van der Waals surface area (Å²) in [4.78, 5) is 65.3. The summed E-state index contributed by atoms with van der Waals surface area (Å²) in [5.41, 5.74) is 0.767. The van der Waals surface area contributed by atoms with Crippen LogP contribution in [0.5, 0.6) is 0 Å². The Morgan fingerprint density at radius 3 is 2.28 bits per heavy atom.